The lowest BCUT2D eigenvalue weighted by Crippen LogP contribution is -2.08. The number of nitrogens with one attached hydrogen (secondary N) is 1. The van der Waals surface area contributed by atoms with Gasteiger partial charge < -0.3 is 4.90 Å². The number of non-ortho nitro benzene ring substituents is 1. The van der Waals surface area contributed by atoms with Crippen molar-refractivity contribution in [2.75, 3.05) is 24.4 Å². The molecule has 0 aliphatic heterocycles. The van der Waals surface area contributed by atoms with E-state index < -0.39 is 4.92 Å². The molecule has 8 heteroatoms. The molecule has 0 fully saturated rings. The van der Waals surface area contributed by atoms with Gasteiger partial charge in [0.05, 0.1) is 16.8 Å². The van der Waals surface area contributed by atoms with Crippen LogP contribution in [0.2, 0.25) is 0 Å². The zero-order valence-corrected chi connectivity index (χ0v) is 15.1. The standard InChI is InChI=1S/C18H17N5O2S/c1-22(2)15-7-3-13(4-8-15)11-19-21-18-20-17(12-26-18)14-5-9-16(10-6-14)23(24)25/h3-12H,1-2H3,(H,20,21)/b19-11+. The van der Waals surface area contributed by atoms with Crippen LogP contribution in [-0.2, 0) is 0 Å². The van der Waals surface area contributed by atoms with E-state index in [0.717, 1.165) is 22.5 Å². The molecule has 2 aromatic carbocycles. The Morgan fingerprint density at radius 3 is 2.46 bits per heavy atom. The zero-order chi connectivity index (χ0) is 18.5. The molecule has 0 amide bonds. The van der Waals surface area contributed by atoms with Gasteiger partial charge in [0.25, 0.3) is 5.69 Å². The predicted molar refractivity (Wildman–Crippen MR) is 106 cm³/mol. The van der Waals surface area contributed by atoms with Crippen LogP contribution in [0.4, 0.5) is 16.5 Å². The van der Waals surface area contributed by atoms with Crippen molar-refractivity contribution in [3.05, 3.63) is 69.6 Å². The summed E-state index contributed by atoms with van der Waals surface area (Å²) in [4.78, 5) is 16.8. The fraction of sp³-hybridized carbons (Fsp3) is 0.111. The van der Waals surface area contributed by atoms with E-state index in [1.807, 2.05) is 48.6 Å². The number of nitro benzene ring substituents is 1. The second-order valence-corrected chi connectivity index (χ2v) is 6.56. The van der Waals surface area contributed by atoms with Crippen molar-refractivity contribution in [2.24, 2.45) is 5.10 Å². The lowest BCUT2D eigenvalue weighted by Gasteiger charge is -2.11. The van der Waals surface area contributed by atoms with E-state index >= 15 is 0 Å². The molecule has 1 N–H and O–H groups in total. The minimum Gasteiger partial charge on any atom is -0.378 e. The molecule has 0 bridgehead atoms. The Labute approximate surface area is 154 Å². The second-order valence-electron chi connectivity index (χ2n) is 5.70. The van der Waals surface area contributed by atoms with Crippen molar-refractivity contribution < 1.29 is 4.92 Å². The summed E-state index contributed by atoms with van der Waals surface area (Å²) < 4.78 is 0. The van der Waals surface area contributed by atoms with Crippen LogP contribution in [0, 0.1) is 10.1 Å². The Balaban J connectivity index is 1.63. The molecule has 0 saturated heterocycles. The van der Waals surface area contributed by atoms with Crippen LogP contribution in [0.15, 0.2) is 59.0 Å². The molecule has 0 aliphatic rings. The first-order valence-corrected chi connectivity index (χ1v) is 8.68. The average Bonchev–Trinajstić information content (AvgIpc) is 3.11. The van der Waals surface area contributed by atoms with Gasteiger partial charge in [0, 0.05) is 42.9 Å². The first-order chi connectivity index (χ1) is 12.5. The number of benzene rings is 2. The Hall–Kier alpha value is -3.26. The van der Waals surface area contributed by atoms with Gasteiger partial charge in [-0.2, -0.15) is 5.10 Å². The Kier molecular flexibility index (Phi) is 5.23. The van der Waals surface area contributed by atoms with Crippen LogP contribution in [0.3, 0.4) is 0 Å². The van der Waals surface area contributed by atoms with Crippen molar-refractivity contribution >= 4 is 34.1 Å². The Morgan fingerprint density at radius 2 is 1.85 bits per heavy atom. The van der Waals surface area contributed by atoms with Crippen LogP contribution in [0.25, 0.3) is 11.3 Å². The van der Waals surface area contributed by atoms with Crippen molar-refractivity contribution in [1.82, 2.24) is 4.98 Å². The molecule has 132 valence electrons. The molecule has 0 aliphatic carbocycles. The lowest BCUT2D eigenvalue weighted by atomic mass is 10.1. The molecule has 0 radical (unpaired) electrons. The fourth-order valence-electron chi connectivity index (χ4n) is 2.23. The van der Waals surface area contributed by atoms with Gasteiger partial charge in [0.1, 0.15) is 0 Å². The van der Waals surface area contributed by atoms with E-state index in [1.165, 1.54) is 23.5 Å². The molecule has 3 rings (SSSR count). The summed E-state index contributed by atoms with van der Waals surface area (Å²) in [5, 5.41) is 17.4. The van der Waals surface area contributed by atoms with Crippen LogP contribution in [0.5, 0.6) is 0 Å². The highest BCUT2D eigenvalue weighted by molar-refractivity contribution is 7.14. The predicted octanol–water partition coefficient (Wildman–Crippen LogP) is 4.23. The van der Waals surface area contributed by atoms with E-state index in [0.29, 0.717) is 5.13 Å². The normalized spacial score (nSPS) is 10.8. The number of rotatable bonds is 6. The van der Waals surface area contributed by atoms with Gasteiger partial charge in [0.2, 0.25) is 5.13 Å². The van der Waals surface area contributed by atoms with Crippen LogP contribution in [0.1, 0.15) is 5.56 Å². The summed E-state index contributed by atoms with van der Waals surface area (Å²) in [7, 11) is 3.99. The maximum atomic E-state index is 10.7. The highest BCUT2D eigenvalue weighted by atomic mass is 32.1. The lowest BCUT2D eigenvalue weighted by molar-refractivity contribution is -0.384. The second kappa shape index (κ2) is 7.75. The van der Waals surface area contributed by atoms with E-state index in [4.69, 9.17) is 0 Å². The van der Waals surface area contributed by atoms with Crippen molar-refractivity contribution in [1.29, 1.82) is 0 Å². The molecule has 0 atom stereocenters. The van der Waals surface area contributed by atoms with Gasteiger partial charge in [-0.1, -0.05) is 12.1 Å². The summed E-state index contributed by atoms with van der Waals surface area (Å²) in [5.41, 5.74) is 6.65. The summed E-state index contributed by atoms with van der Waals surface area (Å²) in [6, 6.07) is 14.3. The zero-order valence-electron chi connectivity index (χ0n) is 14.3. The van der Waals surface area contributed by atoms with E-state index in [-0.39, 0.29) is 5.69 Å². The van der Waals surface area contributed by atoms with E-state index in [2.05, 4.69) is 15.5 Å². The SMILES string of the molecule is CN(C)c1ccc(/C=N/Nc2nc(-c3ccc([N+](=O)[O-])cc3)cs2)cc1. The van der Waals surface area contributed by atoms with Gasteiger partial charge in [-0.15, -0.1) is 11.3 Å². The van der Waals surface area contributed by atoms with Crippen LogP contribution >= 0.6 is 11.3 Å². The van der Waals surface area contributed by atoms with Crippen LogP contribution in [-0.4, -0.2) is 30.2 Å². The molecule has 1 aromatic heterocycles. The summed E-state index contributed by atoms with van der Waals surface area (Å²) >= 11 is 1.42. The number of hydrogen-bond acceptors (Lipinski definition) is 7. The minimum absolute atomic E-state index is 0.0622. The summed E-state index contributed by atoms with van der Waals surface area (Å²) in [6.45, 7) is 0. The molecule has 0 saturated carbocycles. The average molecular weight is 367 g/mol. The third-order valence-corrected chi connectivity index (χ3v) is 4.41. The summed E-state index contributed by atoms with van der Waals surface area (Å²) in [5.74, 6) is 0. The Bertz CT molecular complexity index is 918. The minimum atomic E-state index is -0.419. The molecule has 0 spiro atoms. The van der Waals surface area contributed by atoms with E-state index in [1.54, 1.807) is 18.3 Å². The molecule has 7 nitrogen and oxygen atoms in total. The van der Waals surface area contributed by atoms with Gasteiger partial charge in [-0.25, -0.2) is 4.98 Å². The maximum absolute atomic E-state index is 10.7. The topological polar surface area (TPSA) is 83.7 Å². The summed E-state index contributed by atoms with van der Waals surface area (Å²) in [6.07, 6.45) is 1.73. The van der Waals surface area contributed by atoms with Gasteiger partial charge in [-0.05, 0) is 29.8 Å². The number of anilines is 2. The van der Waals surface area contributed by atoms with Gasteiger partial charge in [0.15, 0.2) is 0 Å². The van der Waals surface area contributed by atoms with Gasteiger partial charge >= 0.3 is 0 Å². The number of nitrogens with zero attached hydrogens (tertiary/aromatic N) is 4. The Morgan fingerprint density at radius 1 is 1.15 bits per heavy atom. The number of nitro groups is 1. The smallest absolute Gasteiger partial charge is 0.269 e. The number of aromatic nitrogens is 1. The number of hydrazone groups is 1. The van der Waals surface area contributed by atoms with Gasteiger partial charge in [-0.3, -0.25) is 15.5 Å². The first-order valence-electron chi connectivity index (χ1n) is 7.80. The maximum Gasteiger partial charge on any atom is 0.269 e. The third-order valence-electron chi connectivity index (χ3n) is 3.66. The third kappa shape index (κ3) is 4.22. The van der Waals surface area contributed by atoms with E-state index in [9.17, 15) is 10.1 Å². The highest BCUT2D eigenvalue weighted by Gasteiger charge is 2.08. The molecular formula is C18H17N5O2S. The first kappa shape index (κ1) is 17.6. The number of hydrogen-bond donors (Lipinski definition) is 1. The molecule has 0 unspecified atom stereocenters. The quantitative estimate of drug-likeness (QED) is 0.400. The van der Waals surface area contributed by atoms with Crippen molar-refractivity contribution in [3.63, 3.8) is 0 Å². The van der Waals surface area contributed by atoms with Crippen molar-refractivity contribution in [2.45, 2.75) is 0 Å². The van der Waals surface area contributed by atoms with Crippen LogP contribution < -0.4 is 10.3 Å². The monoisotopic (exact) mass is 367 g/mol. The fourth-order valence-corrected chi connectivity index (χ4v) is 2.90. The number of thiazole rings is 1. The van der Waals surface area contributed by atoms with Crippen molar-refractivity contribution in [3.8, 4) is 11.3 Å². The largest absolute Gasteiger partial charge is 0.378 e. The molecule has 3 aromatic rings. The molecular weight excluding hydrogens is 350 g/mol. The highest BCUT2D eigenvalue weighted by Crippen LogP contribution is 2.26. The molecule has 26 heavy (non-hydrogen) atoms. The molecule has 1 heterocycles.